The molecule has 1 atom stereocenters. The molecule has 114 valence electrons. The van der Waals surface area contributed by atoms with Crippen LogP contribution >= 0.6 is 11.3 Å². The fraction of sp³-hybridized carbons (Fsp3) is 0.600. The van der Waals surface area contributed by atoms with Crippen LogP contribution in [0.15, 0.2) is 17.5 Å². The zero-order valence-electron chi connectivity index (χ0n) is 12.0. The highest BCUT2D eigenvalue weighted by Gasteiger charge is 2.35. The van der Waals surface area contributed by atoms with E-state index in [1.165, 1.54) is 11.3 Å². The second-order valence-corrected chi connectivity index (χ2v) is 6.85. The van der Waals surface area contributed by atoms with Crippen molar-refractivity contribution in [3.05, 3.63) is 22.4 Å². The maximum Gasteiger partial charge on any atom is 0.242 e. The number of thiophene rings is 1. The third kappa shape index (κ3) is 3.44. The molecule has 1 saturated heterocycles. The number of piperidine rings is 1. The summed E-state index contributed by atoms with van der Waals surface area (Å²) in [5.74, 6) is 0.461. The Morgan fingerprint density at radius 2 is 2.00 bits per heavy atom. The zero-order valence-corrected chi connectivity index (χ0v) is 12.8. The minimum absolute atomic E-state index is 0.121. The van der Waals surface area contributed by atoms with Gasteiger partial charge in [-0.15, -0.1) is 11.3 Å². The summed E-state index contributed by atoms with van der Waals surface area (Å²) in [4.78, 5) is 26.9. The van der Waals surface area contributed by atoms with E-state index < -0.39 is 6.04 Å². The van der Waals surface area contributed by atoms with E-state index in [9.17, 15) is 9.59 Å². The van der Waals surface area contributed by atoms with Crippen molar-refractivity contribution in [1.29, 1.82) is 0 Å². The van der Waals surface area contributed by atoms with Crippen molar-refractivity contribution in [3.8, 4) is 0 Å². The van der Waals surface area contributed by atoms with Crippen LogP contribution in [-0.4, -0.2) is 35.8 Å². The summed E-state index contributed by atoms with van der Waals surface area (Å²) in [6.45, 7) is 1.49. The number of nitrogens with one attached hydrogen (secondary N) is 1. The number of hydrogen-bond donors (Lipinski definition) is 2. The van der Waals surface area contributed by atoms with Crippen LogP contribution in [0, 0.1) is 5.92 Å². The minimum Gasteiger partial charge on any atom is -0.352 e. The first-order chi connectivity index (χ1) is 10.1. The van der Waals surface area contributed by atoms with E-state index in [-0.39, 0.29) is 17.9 Å². The van der Waals surface area contributed by atoms with Crippen molar-refractivity contribution in [1.82, 2.24) is 10.2 Å². The zero-order chi connectivity index (χ0) is 14.8. The number of nitrogens with zero attached hydrogens (tertiary/aromatic N) is 1. The Kier molecular flexibility index (Phi) is 4.26. The number of amides is 2. The number of carbonyl (C=O) groups is 2. The lowest BCUT2D eigenvalue weighted by atomic mass is 10.0. The highest BCUT2D eigenvalue weighted by molar-refractivity contribution is 7.10. The van der Waals surface area contributed by atoms with Crippen LogP contribution in [0.1, 0.15) is 36.6 Å². The smallest absolute Gasteiger partial charge is 0.242 e. The van der Waals surface area contributed by atoms with Gasteiger partial charge >= 0.3 is 0 Å². The molecule has 1 aliphatic carbocycles. The first kappa shape index (κ1) is 14.5. The highest BCUT2D eigenvalue weighted by Crippen LogP contribution is 2.31. The topological polar surface area (TPSA) is 75.4 Å². The molecule has 3 rings (SSSR count). The third-order valence-electron chi connectivity index (χ3n) is 4.21. The maximum atomic E-state index is 12.1. The van der Waals surface area contributed by atoms with Crippen LogP contribution < -0.4 is 11.1 Å². The molecule has 21 heavy (non-hydrogen) atoms. The molecule has 1 saturated carbocycles. The lowest BCUT2D eigenvalue weighted by Gasteiger charge is -2.33. The fourth-order valence-corrected chi connectivity index (χ4v) is 3.45. The van der Waals surface area contributed by atoms with Gasteiger partial charge in [-0.25, -0.2) is 0 Å². The summed E-state index contributed by atoms with van der Waals surface area (Å²) in [6.07, 6.45) is 3.74. The van der Waals surface area contributed by atoms with Gasteiger partial charge in [-0.3, -0.25) is 9.59 Å². The average molecular weight is 307 g/mol. The van der Waals surface area contributed by atoms with Crippen molar-refractivity contribution in [2.75, 3.05) is 13.1 Å². The van der Waals surface area contributed by atoms with Crippen molar-refractivity contribution in [2.24, 2.45) is 11.7 Å². The van der Waals surface area contributed by atoms with Gasteiger partial charge in [0.1, 0.15) is 6.04 Å². The molecule has 5 nitrogen and oxygen atoms in total. The fourth-order valence-electron chi connectivity index (χ4n) is 2.72. The number of likely N-dealkylation sites (tertiary alicyclic amines) is 1. The second kappa shape index (κ2) is 6.15. The largest absolute Gasteiger partial charge is 0.352 e. The molecule has 1 aliphatic heterocycles. The quantitative estimate of drug-likeness (QED) is 0.879. The molecule has 1 aromatic rings. The molecule has 2 amide bonds. The summed E-state index contributed by atoms with van der Waals surface area (Å²) in [5.41, 5.74) is 5.96. The summed E-state index contributed by atoms with van der Waals surface area (Å²) in [6, 6.07) is 3.32. The van der Waals surface area contributed by atoms with Gasteiger partial charge in [0.2, 0.25) is 11.8 Å². The summed E-state index contributed by atoms with van der Waals surface area (Å²) >= 11 is 1.50. The van der Waals surface area contributed by atoms with E-state index in [2.05, 4.69) is 5.32 Å². The van der Waals surface area contributed by atoms with Crippen molar-refractivity contribution >= 4 is 23.2 Å². The molecule has 0 aromatic carbocycles. The average Bonchev–Trinajstić information content (AvgIpc) is 3.21. The predicted molar refractivity (Wildman–Crippen MR) is 81.7 cm³/mol. The van der Waals surface area contributed by atoms with E-state index in [1.807, 2.05) is 22.4 Å². The Morgan fingerprint density at radius 1 is 1.29 bits per heavy atom. The van der Waals surface area contributed by atoms with Crippen LogP contribution in [0.25, 0.3) is 0 Å². The number of carbonyl (C=O) groups excluding carboxylic acids is 2. The summed E-state index contributed by atoms with van der Waals surface area (Å²) in [5, 5.41) is 4.94. The predicted octanol–water partition coefficient (Wildman–Crippen LogP) is 1.27. The van der Waals surface area contributed by atoms with Gasteiger partial charge < -0.3 is 16.0 Å². The molecule has 1 unspecified atom stereocenters. The summed E-state index contributed by atoms with van der Waals surface area (Å²) < 4.78 is 0. The molecule has 6 heteroatoms. The molecule has 0 spiro atoms. The third-order valence-corrected chi connectivity index (χ3v) is 5.17. The van der Waals surface area contributed by atoms with Gasteiger partial charge in [0.15, 0.2) is 0 Å². The van der Waals surface area contributed by atoms with Gasteiger partial charge in [0.05, 0.1) is 0 Å². The van der Waals surface area contributed by atoms with Crippen LogP contribution in [-0.2, 0) is 9.59 Å². The van der Waals surface area contributed by atoms with Crippen LogP contribution in [0.4, 0.5) is 0 Å². The van der Waals surface area contributed by atoms with Crippen molar-refractivity contribution < 1.29 is 9.59 Å². The Labute approximate surface area is 128 Å². The molecule has 1 aromatic heterocycles. The van der Waals surface area contributed by atoms with Crippen LogP contribution in [0.5, 0.6) is 0 Å². The van der Waals surface area contributed by atoms with Gasteiger partial charge in [0, 0.05) is 29.9 Å². The Balaban J connectivity index is 1.46. The maximum absolute atomic E-state index is 12.1. The number of nitrogens with two attached hydrogens (primary N) is 1. The Bertz CT molecular complexity index is 505. The molecule has 2 fully saturated rings. The number of hydrogen-bond acceptors (Lipinski definition) is 4. The first-order valence-corrected chi connectivity index (χ1v) is 8.41. The van der Waals surface area contributed by atoms with E-state index in [0.717, 1.165) is 43.6 Å². The van der Waals surface area contributed by atoms with Gasteiger partial charge in [0.25, 0.3) is 0 Å². The van der Waals surface area contributed by atoms with Crippen LogP contribution in [0.2, 0.25) is 0 Å². The summed E-state index contributed by atoms with van der Waals surface area (Å²) in [7, 11) is 0. The van der Waals surface area contributed by atoms with E-state index >= 15 is 0 Å². The first-order valence-electron chi connectivity index (χ1n) is 7.53. The van der Waals surface area contributed by atoms with E-state index in [4.69, 9.17) is 5.73 Å². The van der Waals surface area contributed by atoms with Crippen molar-refractivity contribution in [3.63, 3.8) is 0 Å². The molecule has 0 radical (unpaired) electrons. The van der Waals surface area contributed by atoms with E-state index in [1.54, 1.807) is 0 Å². The van der Waals surface area contributed by atoms with Gasteiger partial charge in [-0.05, 0) is 37.1 Å². The van der Waals surface area contributed by atoms with Gasteiger partial charge in [-0.2, -0.15) is 0 Å². The molecular formula is C15H21N3O2S. The molecular weight excluding hydrogens is 286 g/mol. The van der Waals surface area contributed by atoms with Crippen molar-refractivity contribution in [2.45, 2.75) is 37.8 Å². The molecule has 2 heterocycles. The monoisotopic (exact) mass is 307 g/mol. The Morgan fingerprint density at radius 3 is 2.57 bits per heavy atom. The normalized spacial score (nSPS) is 21.1. The minimum atomic E-state index is -0.587. The van der Waals surface area contributed by atoms with E-state index in [0.29, 0.717) is 5.91 Å². The SMILES string of the molecule is NC(C(=O)NC1CCN(C(=O)C2CC2)CC1)c1cccs1. The second-order valence-electron chi connectivity index (χ2n) is 5.88. The standard InChI is InChI=1S/C15H21N3O2S/c16-13(12-2-1-9-21-12)14(19)17-11-5-7-18(8-6-11)15(20)10-3-4-10/h1-2,9-11,13H,3-8,16H2,(H,17,19). The molecule has 3 N–H and O–H groups in total. The highest BCUT2D eigenvalue weighted by atomic mass is 32.1. The van der Waals surface area contributed by atoms with Gasteiger partial charge in [-0.1, -0.05) is 6.07 Å². The lowest BCUT2D eigenvalue weighted by Crippen LogP contribution is -2.48. The molecule has 0 bridgehead atoms. The lowest BCUT2D eigenvalue weighted by molar-refractivity contribution is -0.133. The number of rotatable bonds is 4. The van der Waals surface area contributed by atoms with Crippen LogP contribution in [0.3, 0.4) is 0 Å². The molecule has 2 aliphatic rings. The Hall–Kier alpha value is -1.40.